The summed E-state index contributed by atoms with van der Waals surface area (Å²) in [5, 5.41) is 19.1. The van der Waals surface area contributed by atoms with Gasteiger partial charge in [-0.25, -0.2) is 9.78 Å². The molecule has 1 aromatic carbocycles. The number of para-hydroxylation sites is 1. The Balaban J connectivity index is 2.42. The van der Waals surface area contributed by atoms with Gasteiger partial charge >= 0.3 is 5.97 Å². The summed E-state index contributed by atoms with van der Waals surface area (Å²) >= 11 is 0. The predicted molar refractivity (Wildman–Crippen MR) is 78.6 cm³/mol. The maximum Gasteiger partial charge on any atom is 0.337 e. The number of fused-ring (bicyclic) bond motifs is 1. The minimum Gasteiger partial charge on any atom is -0.478 e. The van der Waals surface area contributed by atoms with Gasteiger partial charge in [-0.2, -0.15) is 0 Å². The molecule has 1 unspecified atom stereocenters. The zero-order valence-electron chi connectivity index (χ0n) is 12.2. The van der Waals surface area contributed by atoms with Gasteiger partial charge < -0.3 is 19.5 Å². The molecule has 0 fully saturated rings. The molecule has 0 amide bonds. The minimum absolute atomic E-state index is 0.237. The number of aryl methyl sites for hydroxylation is 2. The highest BCUT2D eigenvalue weighted by molar-refractivity contribution is 6.01. The molecule has 0 saturated carbocycles. The molecule has 1 atom stereocenters. The molecule has 0 saturated heterocycles. The Morgan fingerprint density at radius 2 is 2.24 bits per heavy atom. The van der Waals surface area contributed by atoms with E-state index in [4.69, 9.17) is 4.74 Å². The molecule has 0 spiro atoms. The number of aromatic nitrogens is 2. The maximum absolute atomic E-state index is 11.4. The zero-order chi connectivity index (χ0) is 15.4. The average Bonchev–Trinajstić information content (AvgIpc) is 2.82. The first-order valence-electron chi connectivity index (χ1n) is 6.96. The van der Waals surface area contributed by atoms with Gasteiger partial charge in [-0.05, 0) is 18.6 Å². The number of aromatic carboxylic acids is 1. The number of carbonyl (C=O) groups is 1. The number of ether oxygens (including phenoxy) is 1. The predicted octanol–water partition coefficient (Wildman–Crippen LogP) is 1.69. The van der Waals surface area contributed by atoms with Gasteiger partial charge in [0.05, 0.1) is 29.3 Å². The van der Waals surface area contributed by atoms with Crippen molar-refractivity contribution in [3.8, 4) is 0 Å². The van der Waals surface area contributed by atoms with E-state index in [2.05, 4.69) is 4.98 Å². The van der Waals surface area contributed by atoms with Gasteiger partial charge in [-0.3, -0.25) is 0 Å². The summed E-state index contributed by atoms with van der Waals surface area (Å²) in [4.78, 5) is 15.9. The molecule has 2 N–H and O–H groups in total. The van der Waals surface area contributed by atoms with Gasteiger partial charge in [0.2, 0.25) is 0 Å². The first-order chi connectivity index (χ1) is 10.1. The topological polar surface area (TPSA) is 84.6 Å². The van der Waals surface area contributed by atoms with Crippen LogP contribution in [0.1, 0.15) is 29.5 Å². The van der Waals surface area contributed by atoms with E-state index in [0.29, 0.717) is 30.4 Å². The molecular weight excluding hydrogens is 272 g/mol. The largest absolute Gasteiger partial charge is 0.478 e. The number of imidazole rings is 1. The number of nitrogens with zero attached hydrogens (tertiary/aromatic N) is 2. The third kappa shape index (κ3) is 3.22. The van der Waals surface area contributed by atoms with Gasteiger partial charge in [0.25, 0.3) is 0 Å². The Morgan fingerprint density at radius 3 is 2.86 bits per heavy atom. The molecule has 6 heteroatoms. The molecule has 2 aromatic rings. The molecule has 0 aliphatic rings. The van der Waals surface area contributed by atoms with Gasteiger partial charge in [-0.1, -0.05) is 13.0 Å². The number of benzene rings is 1. The highest BCUT2D eigenvalue weighted by Gasteiger charge is 2.17. The van der Waals surface area contributed by atoms with Crippen LogP contribution in [0.15, 0.2) is 18.2 Å². The number of methoxy groups -OCH3 is 1. The molecule has 21 heavy (non-hydrogen) atoms. The quantitative estimate of drug-likeness (QED) is 0.811. The van der Waals surface area contributed by atoms with Crippen LogP contribution < -0.4 is 0 Å². The van der Waals surface area contributed by atoms with Crippen molar-refractivity contribution in [1.29, 1.82) is 0 Å². The van der Waals surface area contributed by atoms with E-state index in [1.165, 1.54) is 7.11 Å². The summed E-state index contributed by atoms with van der Waals surface area (Å²) in [6.07, 6.45) is 0.614. The van der Waals surface area contributed by atoms with Crippen molar-refractivity contribution >= 4 is 17.0 Å². The summed E-state index contributed by atoms with van der Waals surface area (Å²) < 4.78 is 6.80. The molecule has 0 bridgehead atoms. The Hall–Kier alpha value is -1.92. The average molecular weight is 292 g/mol. The molecular formula is C15H20N2O4. The van der Waals surface area contributed by atoms with Crippen molar-refractivity contribution in [3.63, 3.8) is 0 Å². The van der Waals surface area contributed by atoms with Gasteiger partial charge in [0, 0.05) is 20.1 Å². The first-order valence-corrected chi connectivity index (χ1v) is 6.96. The van der Waals surface area contributed by atoms with Crippen molar-refractivity contribution in [2.45, 2.75) is 32.4 Å². The molecule has 1 aromatic heterocycles. The summed E-state index contributed by atoms with van der Waals surface area (Å²) in [7, 11) is 1.54. The van der Waals surface area contributed by atoms with E-state index in [1.807, 2.05) is 17.6 Å². The van der Waals surface area contributed by atoms with Crippen LogP contribution in [0.4, 0.5) is 0 Å². The lowest BCUT2D eigenvalue weighted by atomic mass is 10.1. The van der Waals surface area contributed by atoms with Crippen LogP contribution in [0, 0.1) is 0 Å². The SMILES string of the molecule is CCc1nc2cccc(C(=O)O)c2n1CCC(O)COC. The van der Waals surface area contributed by atoms with Crippen LogP contribution in [0.2, 0.25) is 0 Å². The molecule has 0 aliphatic carbocycles. The molecule has 114 valence electrons. The highest BCUT2D eigenvalue weighted by Crippen LogP contribution is 2.22. The third-order valence-corrected chi connectivity index (χ3v) is 3.44. The van der Waals surface area contributed by atoms with E-state index in [9.17, 15) is 15.0 Å². The van der Waals surface area contributed by atoms with Crippen molar-refractivity contribution in [3.05, 3.63) is 29.6 Å². The Labute approximate surface area is 123 Å². The number of rotatable bonds is 7. The van der Waals surface area contributed by atoms with Gasteiger partial charge in [0.1, 0.15) is 5.82 Å². The molecule has 6 nitrogen and oxygen atoms in total. The molecule has 1 heterocycles. The van der Waals surface area contributed by atoms with Crippen LogP contribution in [0.25, 0.3) is 11.0 Å². The maximum atomic E-state index is 11.4. The van der Waals surface area contributed by atoms with Crippen LogP contribution in [-0.2, 0) is 17.7 Å². The molecule has 0 radical (unpaired) electrons. The second kappa shape index (κ2) is 6.69. The highest BCUT2D eigenvalue weighted by atomic mass is 16.5. The van der Waals surface area contributed by atoms with E-state index in [1.54, 1.807) is 12.1 Å². The summed E-state index contributed by atoms with van der Waals surface area (Å²) in [6.45, 7) is 2.75. The summed E-state index contributed by atoms with van der Waals surface area (Å²) in [6, 6.07) is 5.08. The number of aliphatic hydroxyl groups excluding tert-OH is 1. The van der Waals surface area contributed by atoms with Crippen molar-refractivity contribution in [2.24, 2.45) is 0 Å². The molecule has 2 rings (SSSR count). The lowest BCUT2D eigenvalue weighted by Gasteiger charge is -2.13. The Morgan fingerprint density at radius 1 is 1.48 bits per heavy atom. The normalized spacial score (nSPS) is 12.7. The van der Waals surface area contributed by atoms with Gasteiger partial charge in [0.15, 0.2) is 0 Å². The van der Waals surface area contributed by atoms with Crippen LogP contribution >= 0.6 is 0 Å². The second-order valence-corrected chi connectivity index (χ2v) is 4.91. The van der Waals surface area contributed by atoms with E-state index < -0.39 is 12.1 Å². The molecule has 0 aliphatic heterocycles. The fourth-order valence-electron chi connectivity index (χ4n) is 2.47. The number of hydrogen-bond acceptors (Lipinski definition) is 4. The smallest absolute Gasteiger partial charge is 0.337 e. The standard InChI is InChI=1S/C15H20N2O4/c1-3-13-16-12-6-4-5-11(15(19)20)14(12)17(13)8-7-10(18)9-21-2/h4-6,10,18H,3,7-9H2,1-2H3,(H,19,20). The van der Waals surface area contributed by atoms with Crippen LogP contribution in [0.3, 0.4) is 0 Å². The van der Waals surface area contributed by atoms with Crippen LogP contribution in [-0.4, -0.2) is 45.6 Å². The number of hydrogen-bond donors (Lipinski definition) is 2. The monoisotopic (exact) mass is 292 g/mol. The Kier molecular flexibility index (Phi) is 4.93. The lowest BCUT2D eigenvalue weighted by molar-refractivity contribution is 0.0566. The van der Waals surface area contributed by atoms with Crippen molar-refractivity contribution < 1.29 is 19.7 Å². The zero-order valence-corrected chi connectivity index (χ0v) is 12.2. The Bertz CT molecular complexity index is 636. The fraction of sp³-hybridized carbons (Fsp3) is 0.467. The van der Waals surface area contributed by atoms with Crippen molar-refractivity contribution in [2.75, 3.05) is 13.7 Å². The third-order valence-electron chi connectivity index (χ3n) is 3.44. The van der Waals surface area contributed by atoms with E-state index in [0.717, 1.165) is 5.82 Å². The summed E-state index contributed by atoms with van der Waals surface area (Å²) in [5.74, 6) is -0.148. The van der Waals surface area contributed by atoms with Crippen LogP contribution in [0.5, 0.6) is 0 Å². The van der Waals surface area contributed by atoms with E-state index >= 15 is 0 Å². The number of carboxylic acids is 1. The fourth-order valence-corrected chi connectivity index (χ4v) is 2.47. The second-order valence-electron chi connectivity index (χ2n) is 4.91. The number of aliphatic hydroxyl groups is 1. The van der Waals surface area contributed by atoms with Gasteiger partial charge in [-0.15, -0.1) is 0 Å². The summed E-state index contributed by atoms with van der Waals surface area (Å²) in [5.41, 5.74) is 1.53. The first kappa shape index (κ1) is 15.5. The van der Waals surface area contributed by atoms with Crippen molar-refractivity contribution in [1.82, 2.24) is 9.55 Å². The van der Waals surface area contributed by atoms with E-state index in [-0.39, 0.29) is 12.2 Å². The minimum atomic E-state index is -0.971. The number of carboxylic acid groups (broad SMARTS) is 1. The lowest BCUT2D eigenvalue weighted by Crippen LogP contribution is -2.18.